The number of hydrogen-bond donors (Lipinski definition) is 1. The van der Waals surface area contributed by atoms with E-state index in [-0.39, 0.29) is 11.5 Å². The highest BCUT2D eigenvalue weighted by atomic mass is 32.2. The molecule has 0 aromatic heterocycles. The Kier molecular flexibility index (Phi) is 4.04. The Labute approximate surface area is 136 Å². The van der Waals surface area contributed by atoms with Gasteiger partial charge in [0.15, 0.2) is 0 Å². The first-order valence-electron chi connectivity index (χ1n) is 7.31. The van der Waals surface area contributed by atoms with Crippen molar-refractivity contribution in [3.63, 3.8) is 0 Å². The van der Waals surface area contributed by atoms with Crippen molar-refractivity contribution in [3.05, 3.63) is 53.1 Å². The number of nitrogens with one attached hydrogen (secondary N) is 1. The number of sulfonamides is 1. The Hall–Kier alpha value is -2.05. The molecule has 3 rings (SSSR count). The molecule has 5 nitrogen and oxygen atoms in total. The van der Waals surface area contributed by atoms with Crippen LogP contribution in [0.2, 0.25) is 0 Å². The van der Waals surface area contributed by atoms with Crippen molar-refractivity contribution in [2.24, 2.45) is 0 Å². The lowest BCUT2D eigenvalue weighted by Crippen LogP contribution is -2.30. The van der Waals surface area contributed by atoms with Gasteiger partial charge in [-0.1, -0.05) is 18.2 Å². The fourth-order valence-electron chi connectivity index (χ4n) is 2.64. The van der Waals surface area contributed by atoms with Gasteiger partial charge in [-0.3, -0.25) is 0 Å². The molecular formula is C17H19NO4S. The Bertz CT molecular complexity index is 846. The molecule has 6 heteroatoms. The van der Waals surface area contributed by atoms with Gasteiger partial charge in [0.25, 0.3) is 0 Å². The van der Waals surface area contributed by atoms with E-state index in [1.807, 2.05) is 38.1 Å². The lowest BCUT2D eigenvalue weighted by atomic mass is 10.1. The Balaban J connectivity index is 1.96. The predicted molar refractivity (Wildman–Crippen MR) is 87.5 cm³/mol. The lowest BCUT2D eigenvalue weighted by molar-refractivity contribution is 0.325. The van der Waals surface area contributed by atoms with Crippen LogP contribution in [0.5, 0.6) is 11.5 Å². The number of rotatable bonds is 4. The number of aryl methyl sites for hydroxylation is 2. The Morgan fingerprint density at radius 2 is 1.87 bits per heavy atom. The Morgan fingerprint density at radius 3 is 2.61 bits per heavy atom. The maximum atomic E-state index is 12.8. The average Bonchev–Trinajstić information content (AvgIpc) is 2.92. The lowest BCUT2D eigenvalue weighted by Gasteiger charge is -2.16. The minimum atomic E-state index is -3.72. The topological polar surface area (TPSA) is 64.6 Å². The van der Waals surface area contributed by atoms with Gasteiger partial charge < -0.3 is 9.47 Å². The van der Waals surface area contributed by atoms with Crippen molar-refractivity contribution in [2.75, 3.05) is 13.7 Å². The first kappa shape index (κ1) is 15.8. The molecule has 1 aliphatic heterocycles. The molecule has 2 aromatic rings. The molecule has 0 spiro atoms. The zero-order valence-electron chi connectivity index (χ0n) is 13.3. The fraction of sp³-hybridized carbons (Fsp3) is 0.294. The minimum Gasteiger partial charge on any atom is -0.495 e. The SMILES string of the molecule is COc1cc(C)c(C)cc1S(=O)(=O)NC1COc2ccccc21. The summed E-state index contributed by atoms with van der Waals surface area (Å²) < 4.78 is 39.1. The van der Waals surface area contributed by atoms with Gasteiger partial charge in [-0.05, 0) is 43.2 Å². The molecule has 0 fully saturated rings. The van der Waals surface area contributed by atoms with Crippen LogP contribution in [0, 0.1) is 13.8 Å². The van der Waals surface area contributed by atoms with Crippen LogP contribution in [0.25, 0.3) is 0 Å². The molecule has 1 atom stereocenters. The molecule has 0 saturated carbocycles. The summed E-state index contributed by atoms with van der Waals surface area (Å²) in [6.07, 6.45) is 0. The highest BCUT2D eigenvalue weighted by Crippen LogP contribution is 2.34. The molecule has 1 N–H and O–H groups in total. The van der Waals surface area contributed by atoms with E-state index in [0.717, 1.165) is 16.7 Å². The molecule has 122 valence electrons. The number of hydrogen-bond acceptors (Lipinski definition) is 4. The van der Waals surface area contributed by atoms with Gasteiger partial charge in [-0.2, -0.15) is 4.72 Å². The average molecular weight is 333 g/mol. The molecule has 1 aliphatic rings. The van der Waals surface area contributed by atoms with E-state index in [1.165, 1.54) is 7.11 Å². The second-order valence-electron chi connectivity index (χ2n) is 5.61. The summed E-state index contributed by atoms with van der Waals surface area (Å²) in [7, 11) is -2.25. The summed E-state index contributed by atoms with van der Waals surface area (Å²) in [6, 6.07) is 10.4. The summed E-state index contributed by atoms with van der Waals surface area (Å²) in [6.45, 7) is 4.08. The predicted octanol–water partition coefficient (Wildman–Crippen LogP) is 2.72. The van der Waals surface area contributed by atoms with Gasteiger partial charge in [0, 0.05) is 5.56 Å². The van der Waals surface area contributed by atoms with Crippen LogP contribution in [0.4, 0.5) is 0 Å². The zero-order chi connectivity index (χ0) is 16.6. The first-order chi connectivity index (χ1) is 10.9. The van der Waals surface area contributed by atoms with Gasteiger partial charge in [-0.15, -0.1) is 0 Å². The van der Waals surface area contributed by atoms with Crippen molar-refractivity contribution in [1.29, 1.82) is 0 Å². The van der Waals surface area contributed by atoms with E-state index < -0.39 is 16.1 Å². The molecule has 2 aromatic carbocycles. The monoisotopic (exact) mass is 333 g/mol. The van der Waals surface area contributed by atoms with Crippen molar-refractivity contribution < 1.29 is 17.9 Å². The molecule has 0 radical (unpaired) electrons. The molecule has 0 aliphatic carbocycles. The first-order valence-corrected chi connectivity index (χ1v) is 8.80. The molecule has 0 amide bonds. The third-order valence-electron chi connectivity index (χ3n) is 4.07. The summed E-state index contributed by atoms with van der Waals surface area (Å²) in [5.41, 5.74) is 2.73. The van der Waals surface area contributed by atoms with E-state index >= 15 is 0 Å². The molecule has 0 saturated heterocycles. The highest BCUT2D eigenvalue weighted by molar-refractivity contribution is 7.89. The van der Waals surface area contributed by atoms with Crippen LogP contribution in [0.15, 0.2) is 41.3 Å². The second kappa shape index (κ2) is 5.86. The van der Waals surface area contributed by atoms with Gasteiger partial charge in [0.05, 0.1) is 13.2 Å². The van der Waals surface area contributed by atoms with Crippen LogP contribution < -0.4 is 14.2 Å². The Morgan fingerprint density at radius 1 is 1.17 bits per heavy atom. The van der Waals surface area contributed by atoms with Gasteiger partial charge in [-0.25, -0.2) is 8.42 Å². The summed E-state index contributed by atoms with van der Waals surface area (Å²) in [5.74, 6) is 1.06. The van der Waals surface area contributed by atoms with Gasteiger partial charge in [0.1, 0.15) is 23.0 Å². The maximum absolute atomic E-state index is 12.8. The number of para-hydroxylation sites is 1. The largest absolute Gasteiger partial charge is 0.495 e. The minimum absolute atomic E-state index is 0.146. The normalized spacial score (nSPS) is 16.7. The molecule has 1 heterocycles. The number of fused-ring (bicyclic) bond motifs is 1. The quantitative estimate of drug-likeness (QED) is 0.934. The van der Waals surface area contributed by atoms with Crippen LogP contribution >= 0.6 is 0 Å². The van der Waals surface area contributed by atoms with Crippen molar-refractivity contribution in [1.82, 2.24) is 4.72 Å². The molecular weight excluding hydrogens is 314 g/mol. The highest BCUT2D eigenvalue weighted by Gasteiger charge is 2.30. The van der Waals surface area contributed by atoms with E-state index in [9.17, 15) is 8.42 Å². The zero-order valence-corrected chi connectivity index (χ0v) is 14.1. The summed E-state index contributed by atoms with van der Waals surface area (Å²) >= 11 is 0. The van der Waals surface area contributed by atoms with Gasteiger partial charge in [0.2, 0.25) is 10.0 Å². The fourth-order valence-corrected chi connectivity index (χ4v) is 4.08. The van der Waals surface area contributed by atoms with Crippen LogP contribution in [-0.2, 0) is 10.0 Å². The smallest absolute Gasteiger partial charge is 0.244 e. The molecule has 1 unspecified atom stereocenters. The maximum Gasteiger partial charge on any atom is 0.244 e. The third-order valence-corrected chi connectivity index (χ3v) is 5.56. The van der Waals surface area contributed by atoms with Crippen molar-refractivity contribution >= 4 is 10.0 Å². The summed E-state index contributed by atoms with van der Waals surface area (Å²) in [5, 5.41) is 0. The van der Waals surface area contributed by atoms with Gasteiger partial charge >= 0.3 is 0 Å². The van der Waals surface area contributed by atoms with E-state index in [0.29, 0.717) is 11.5 Å². The second-order valence-corrected chi connectivity index (χ2v) is 7.29. The van der Waals surface area contributed by atoms with E-state index in [1.54, 1.807) is 12.1 Å². The number of benzene rings is 2. The van der Waals surface area contributed by atoms with Crippen LogP contribution in [-0.4, -0.2) is 22.1 Å². The van der Waals surface area contributed by atoms with Crippen LogP contribution in [0.1, 0.15) is 22.7 Å². The third kappa shape index (κ3) is 2.92. The van der Waals surface area contributed by atoms with E-state index in [2.05, 4.69) is 4.72 Å². The standard InChI is InChI=1S/C17H19NO4S/c1-11-8-16(21-3)17(9-12(11)2)23(19,20)18-14-10-22-15-7-5-4-6-13(14)15/h4-9,14,18H,10H2,1-3H3. The number of ether oxygens (including phenoxy) is 2. The van der Waals surface area contributed by atoms with Crippen molar-refractivity contribution in [2.45, 2.75) is 24.8 Å². The molecule has 0 bridgehead atoms. The van der Waals surface area contributed by atoms with E-state index in [4.69, 9.17) is 9.47 Å². The number of methoxy groups -OCH3 is 1. The van der Waals surface area contributed by atoms with Crippen molar-refractivity contribution in [3.8, 4) is 11.5 Å². The molecule has 23 heavy (non-hydrogen) atoms. The summed E-state index contributed by atoms with van der Waals surface area (Å²) in [4.78, 5) is 0.146. The van der Waals surface area contributed by atoms with Crippen LogP contribution in [0.3, 0.4) is 0 Å².